The van der Waals surface area contributed by atoms with Crippen LogP contribution in [0.3, 0.4) is 0 Å². The maximum absolute atomic E-state index is 9.03. The zero-order chi connectivity index (χ0) is 11.7. The molecule has 0 spiro atoms. The van der Waals surface area contributed by atoms with Gasteiger partial charge in [-0.3, -0.25) is 4.98 Å². The number of nitrogens with zero attached hydrogens (tertiary/aromatic N) is 5. The molecule has 0 atom stereocenters. The molecule has 3 aromatic rings. The standard InChI is InChI=1S/C12H7N5/c13-7-9-3-1-2-4-10(9)12-15-11-8-14-5-6-17(11)16-12/h1-6,8H. The van der Waals surface area contributed by atoms with Crippen LogP contribution in [0.4, 0.5) is 0 Å². The van der Waals surface area contributed by atoms with Crippen molar-refractivity contribution in [3.05, 3.63) is 48.4 Å². The van der Waals surface area contributed by atoms with Crippen LogP contribution in [0.2, 0.25) is 0 Å². The van der Waals surface area contributed by atoms with Crippen molar-refractivity contribution in [3.8, 4) is 17.5 Å². The van der Waals surface area contributed by atoms with E-state index in [-0.39, 0.29) is 0 Å². The van der Waals surface area contributed by atoms with Gasteiger partial charge < -0.3 is 0 Å². The molecule has 0 aliphatic rings. The zero-order valence-corrected chi connectivity index (χ0v) is 8.78. The molecule has 0 radical (unpaired) electrons. The smallest absolute Gasteiger partial charge is 0.183 e. The first-order valence-corrected chi connectivity index (χ1v) is 5.04. The minimum atomic E-state index is 0.537. The zero-order valence-electron chi connectivity index (χ0n) is 8.78. The highest BCUT2D eigenvalue weighted by atomic mass is 15.3. The summed E-state index contributed by atoms with van der Waals surface area (Å²) in [6.07, 6.45) is 4.99. The van der Waals surface area contributed by atoms with Crippen molar-refractivity contribution in [3.63, 3.8) is 0 Å². The number of hydrogen-bond acceptors (Lipinski definition) is 4. The molecule has 3 rings (SSSR count). The van der Waals surface area contributed by atoms with E-state index in [1.165, 1.54) is 0 Å². The average molecular weight is 221 g/mol. The lowest BCUT2D eigenvalue weighted by atomic mass is 10.1. The first kappa shape index (κ1) is 9.48. The van der Waals surface area contributed by atoms with Crippen molar-refractivity contribution in [2.75, 3.05) is 0 Å². The molecule has 5 nitrogen and oxygen atoms in total. The molecule has 17 heavy (non-hydrogen) atoms. The molecular weight excluding hydrogens is 214 g/mol. The summed E-state index contributed by atoms with van der Waals surface area (Å²) in [5, 5.41) is 13.3. The first-order valence-electron chi connectivity index (χ1n) is 5.04. The van der Waals surface area contributed by atoms with Crippen molar-refractivity contribution < 1.29 is 0 Å². The molecule has 0 aliphatic heterocycles. The fourth-order valence-electron chi connectivity index (χ4n) is 1.63. The first-order chi connectivity index (χ1) is 8.38. The van der Waals surface area contributed by atoms with Crippen LogP contribution in [0.1, 0.15) is 5.56 Å². The Bertz CT molecular complexity index is 690. The summed E-state index contributed by atoms with van der Waals surface area (Å²) in [6, 6.07) is 9.40. The molecule has 0 N–H and O–H groups in total. The molecule has 0 saturated carbocycles. The maximum Gasteiger partial charge on any atom is 0.183 e. The van der Waals surface area contributed by atoms with Crippen LogP contribution in [0, 0.1) is 11.3 Å². The van der Waals surface area contributed by atoms with Crippen LogP contribution >= 0.6 is 0 Å². The van der Waals surface area contributed by atoms with Gasteiger partial charge in [0.1, 0.15) is 0 Å². The van der Waals surface area contributed by atoms with Crippen LogP contribution in [0.5, 0.6) is 0 Å². The number of hydrogen-bond donors (Lipinski definition) is 0. The molecule has 1 aromatic carbocycles. The highest BCUT2D eigenvalue weighted by molar-refractivity contribution is 5.65. The van der Waals surface area contributed by atoms with Crippen LogP contribution in [0.25, 0.3) is 17.0 Å². The number of rotatable bonds is 1. The van der Waals surface area contributed by atoms with Crippen LogP contribution in [-0.4, -0.2) is 19.6 Å². The normalized spacial score (nSPS) is 10.3. The van der Waals surface area contributed by atoms with Gasteiger partial charge in [0.05, 0.1) is 17.8 Å². The van der Waals surface area contributed by atoms with Gasteiger partial charge in [-0.25, -0.2) is 9.50 Å². The Hall–Kier alpha value is -2.74. The number of benzene rings is 1. The average Bonchev–Trinajstić information content (AvgIpc) is 2.82. The molecule has 0 aliphatic carbocycles. The molecule has 2 heterocycles. The van der Waals surface area contributed by atoms with E-state index in [1.807, 2.05) is 18.2 Å². The van der Waals surface area contributed by atoms with E-state index in [9.17, 15) is 0 Å². The highest BCUT2D eigenvalue weighted by Gasteiger charge is 2.09. The van der Waals surface area contributed by atoms with Gasteiger partial charge in [-0.15, -0.1) is 5.10 Å². The fourth-order valence-corrected chi connectivity index (χ4v) is 1.63. The van der Waals surface area contributed by atoms with Crippen LogP contribution < -0.4 is 0 Å². The van der Waals surface area contributed by atoms with Gasteiger partial charge in [0.2, 0.25) is 0 Å². The number of fused-ring (bicyclic) bond motifs is 1. The number of nitriles is 1. The third kappa shape index (κ3) is 1.52. The van der Waals surface area contributed by atoms with Gasteiger partial charge in [0, 0.05) is 18.0 Å². The van der Waals surface area contributed by atoms with E-state index < -0.39 is 0 Å². The van der Waals surface area contributed by atoms with Crippen LogP contribution in [-0.2, 0) is 0 Å². The molecule has 2 aromatic heterocycles. The van der Waals surface area contributed by atoms with Gasteiger partial charge in [0.15, 0.2) is 11.5 Å². The SMILES string of the molecule is N#Cc1ccccc1-c1nc2cnccn2n1. The quantitative estimate of drug-likeness (QED) is 0.626. The van der Waals surface area contributed by atoms with E-state index in [1.54, 1.807) is 29.2 Å². The molecule has 0 saturated heterocycles. The molecule has 5 heteroatoms. The molecule has 0 amide bonds. The molecule has 0 unspecified atom stereocenters. The Kier molecular flexibility index (Phi) is 2.06. The Morgan fingerprint density at radius 2 is 2.12 bits per heavy atom. The van der Waals surface area contributed by atoms with Crippen LogP contribution in [0.15, 0.2) is 42.9 Å². The van der Waals surface area contributed by atoms with Gasteiger partial charge in [0.25, 0.3) is 0 Å². The second-order valence-corrected chi connectivity index (χ2v) is 3.47. The largest absolute Gasteiger partial charge is 0.259 e. The van der Waals surface area contributed by atoms with E-state index in [0.29, 0.717) is 17.0 Å². The summed E-state index contributed by atoms with van der Waals surface area (Å²) >= 11 is 0. The Morgan fingerprint density at radius 1 is 1.24 bits per heavy atom. The minimum absolute atomic E-state index is 0.537. The third-order valence-electron chi connectivity index (χ3n) is 2.43. The summed E-state index contributed by atoms with van der Waals surface area (Å²) in [5.74, 6) is 0.537. The molecular formula is C12H7N5. The van der Waals surface area contributed by atoms with Gasteiger partial charge in [-0.05, 0) is 12.1 Å². The minimum Gasteiger partial charge on any atom is -0.259 e. The van der Waals surface area contributed by atoms with Crippen molar-refractivity contribution in [2.24, 2.45) is 0 Å². The fraction of sp³-hybridized carbons (Fsp3) is 0. The summed E-state index contributed by atoms with van der Waals surface area (Å²) in [4.78, 5) is 8.30. The van der Waals surface area contributed by atoms with Crippen molar-refractivity contribution >= 4 is 5.65 Å². The van der Waals surface area contributed by atoms with Crippen molar-refractivity contribution in [1.29, 1.82) is 5.26 Å². The summed E-state index contributed by atoms with van der Waals surface area (Å²) < 4.78 is 1.64. The second kappa shape index (κ2) is 3.68. The number of aromatic nitrogens is 4. The summed E-state index contributed by atoms with van der Waals surface area (Å²) in [7, 11) is 0. The lowest BCUT2D eigenvalue weighted by Gasteiger charge is -1.96. The summed E-state index contributed by atoms with van der Waals surface area (Å²) in [6.45, 7) is 0. The lowest BCUT2D eigenvalue weighted by molar-refractivity contribution is 0.950. The predicted molar refractivity (Wildman–Crippen MR) is 60.9 cm³/mol. The van der Waals surface area contributed by atoms with Gasteiger partial charge in [-0.1, -0.05) is 12.1 Å². The van der Waals surface area contributed by atoms with E-state index in [4.69, 9.17) is 5.26 Å². The molecule has 0 bridgehead atoms. The Morgan fingerprint density at radius 3 is 2.94 bits per heavy atom. The lowest BCUT2D eigenvalue weighted by Crippen LogP contribution is -1.88. The van der Waals surface area contributed by atoms with E-state index in [2.05, 4.69) is 21.1 Å². The third-order valence-corrected chi connectivity index (χ3v) is 2.43. The highest BCUT2D eigenvalue weighted by Crippen LogP contribution is 2.19. The van der Waals surface area contributed by atoms with Gasteiger partial charge in [-0.2, -0.15) is 5.26 Å². The van der Waals surface area contributed by atoms with Crippen molar-refractivity contribution in [1.82, 2.24) is 19.6 Å². The van der Waals surface area contributed by atoms with E-state index in [0.717, 1.165) is 5.56 Å². The molecule has 0 fully saturated rings. The maximum atomic E-state index is 9.03. The van der Waals surface area contributed by atoms with Crippen molar-refractivity contribution in [2.45, 2.75) is 0 Å². The Balaban J connectivity index is 2.25. The summed E-state index contributed by atoms with van der Waals surface area (Å²) in [5.41, 5.74) is 1.96. The monoisotopic (exact) mass is 221 g/mol. The second-order valence-electron chi connectivity index (χ2n) is 3.47. The van der Waals surface area contributed by atoms with E-state index >= 15 is 0 Å². The topological polar surface area (TPSA) is 66.9 Å². The van der Waals surface area contributed by atoms with Gasteiger partial charge >= 0.3 is 0 Å². The Labute approximate surface area is 97.0 Å². The predicted octanol–water partition coefficient (Wildman–Crippen LogP) is 1.66. The molecule has 80 valence electrons.